The summed E-state index contributed by atoms with van der Waals surface area (Å²) in [5.74, 6) is 0. The molecule has 0 fully saturated rings. The Kier molecular flexibility index (Phi) is 1.49. The molecule has 5 aromatic rings. The summed E-state index contributed by atoms with van der Waals surface area (Å²) < 4.78 is 5.56. The van der Waals surface area contributed by atoms with E-state index in [1.54, 1.807) is 12.1 Å². The van der Waals surface area contributed by atoms with Crippen LogP contribution in [0.3, 0.4) is 0 Å². The molecule has 4 aromatic carbocycles. The van der Waals surface area contributed by atoms with Crippen molar-refractivity contribution in [1.82, 2.24) is 0 Å². The third-order valence-corrected chi connectivity index (χ3v) is 4.04. The smallest absolute Gasteiger partial charge is 0.281 e. The molecule has 20 heavy (non-hydrogen) atoms. The van der Waals surface area contributed by atoms with Gasteiger partial charge in [-0.15, -0.1) is 0 Å². The molecule has 0 saturated heterocycles. The number of nitro groups is 1. The molecule has 4 nitrogen and oxygen atoms in total. The van der Waals surface area contributed by atoms with Gasteiger partial charge in [-0.2, -0.15) is 0 Å². The van der Waals surface area contributed by atoms with Crippen molar-refractivity contribution in [3.63, 3.8) is 0 Å². The van der Waals surface area contributed by atoms with Gasteiger partial charge in [0.25, 0.3) is 5.69 Å². The molecule has 0 atom stereocenters. The summed E-state index contributed by atoms with van der Waals surface area (Å²) >= 11 is 0. The minimum absolute atomic E-state index is 0.115. The topological polar surface area (TPSA) is 56.3 Å². The van der Waals surface area contributed by atoms with Crippen LogP contribution in [0.2, 0.25) is 0 Å². The van der Waals surface area contributed by atoms with E-state index in [-0.39, 0.29) is 10.6 Å². The first-order chi connectivity index (χ1) is 9.75. The summed E-state index contributed by atoms with van der Waals surface area (Å²) in [6.45, 7) is 0. The molecule has 1 heterocycles. The predicted octanol–water partition coefficient (Wildman–Crippen LogP) is 4.68. The molecule has 94 valence electrons. The van der Waals surface area contributed by atoms with E-state index < -0.39 is 0 Å². The molecular formula is C16H7NO3. The number of nitrogens with zero attached hydrogens (tertiary/aromatic N) is 1. The molecule has 0 aliphatic carbocycles. The molecule has 4 heteroatoms. The number of hydrogen-bond donors (Lipinski definition) is 0. The van der Waals surface area contributed by atoms with Crippen molar-refractivity contribution in [1.29, 1.82) is 0 Å². The summed E-state index contributed by atoms with van der Waals surface area (Å²) in [5.41, 5.74) is 1.56. The summed E-state index contributed by atoms with van der Waals surface area (Å²) in [7, 11) is 0. The van der Waals surface area contributed by atoms with E-state index in [0.29, 0.717) is 11.0 Å². The van der Waals surface area contributed by atoms with E-state index in [1.807, 2.05) is 30.3 Å². The van der Waals surface area contributed by atoms with Crippen LogP contribution in [0, 0.1) is 10.1 Å². The Bertz CT molecular complexity index is 1120. The molecule has 0 amide bonds. The van der Waals surface area contributed by atoms with Gasteiger partial charge in [0, 0.05) is 22.2 Å². The molecule has 1 aromatic heterocycles. The molecular weight excluding hydrogens is 254 g/mol. The highest BCUT2D eigenvalue weighted by molar-refractivity contribution is 6.35. The molecule has 0 unspecified atom stereocenters. The minimum Gasteiger partial charge on any atom is -0.448 e. The maximum atomic E-state index is 11.3. The van der Waals surface area contributed by atoms with Crippen LogP contribution in [0.1, 0.15) is 0 Å². The standard InChI is InChI=1S/C16H7NO3/c18-17(19)11-7-6-9-5-4-8-2-1-3-10-12(8)13(9)14(11)16-15(10)20-16/h1-7H. The average molecular weight is 261 g/mol. The fourth-order valence-electron chi connectivity index (χ4n) is 3.17. The second-order valence-corrected chi connectivity index (χ2v) is 5.04. The third kappa shape index (κ3) is 0.992. The van der Waals surface area contributed by atoms with Gasteiger partial charge in [-0.05, 0) is 16.8 Å². The molecule has 0 N–H and O–H groups in total. The molecule has 0 aliphatic rings. The Morgan fingerprint density at radius 2 is 1.60 bits per heavy atom. The third-order valence-electron chi connectivity index (χ3n) is 4.04. The molecule has 5 rings (SSSR count). The fourth-order valence-corrected chi connectivity index (χ4v) is 3.17. The van der Waals surface area contributed by atoms with E-state index in [1.165, 1.54) is 0 Å². The largest absolute Gasteiger partial charge is 0.448 e. The van der Waals surface area contributed by atoms with Gasteiger partial charge in [0.15, 0.2) is 11.2 Å². The van der Waals surface area contributed by atoms with Crippen LogP contribution in [0.25, 0.3) is 43.5 Å². The molecule has 0 saturated carbocycles. The van der Waals surface area contributed by atoms with Crippen LogP contribution in [0.5, 0.6) is 0 Å². The molecule has 0 spiro atoms. The maximum absolute atomic E-state index is 11.3. The predicted molar refractivity (Wildman–Crippen MR) is 77.8 cm³/mol. The zero-order valence-corrected chi connectivity index (χ0v) is 10.2. The number of nitro benzene ring substituents is 1. The lowest BCUT2D eigenvalue weighted by atomic mass is 9.94. The van der Waals surface area contributed by atoms with E-state index >= 15 is 0 Å². The van der Waals surface area contributed by atoms with Crippen molar-refractivity contribution in [3.8, 4) is 0 Å². The van der Waals surface area contributed by atoms with Crippen molar-refractivity contribution >= 4 is 49.2 Å². The Labute approximate surface area is 112 Å². The SMILES string of the molecule is O=[N+]([O-])c1ccc2ccc3cccc4c5oc5c1c2c34. The zero-order chi connectivity index (χ0) is 13.4. The normalized spacial score (nSPS) is 12.4. The Morgan fingerprint density at radius 1 is 0.850 bits per heavy atom. The van der Waals surface area contributed by atoms with Gasteiger partial charge in [-0.1, -0.05) is 30.3 Å². The average Bonchev–Trinajstić information content (AvgIpc) is 3.25. The molecule has 0 bridgehead atoms. The fraction of sp³-hybridized carbons (Fsp3) is 0. The first kappa shape index (κ1) is 9.97. The Hall–Kier alpha value is -2.88. The number of non-ortho nitro benzene ring substituents is 1. The van der Waals surface area contributed by atoms with Crippen LogP contribution in [0.4, 0.5) is 5.69 Å². The molecule has 0 aliphatic heterocycles. The lowest BCUT2D eigenvalue weighted by Crippen LogP contribution is -1.90. The van der Waals surface area contributed by atoms with E-state index in [2.05, 4.69) is 0 Å². The van der Waals surface area contributed by atoms with Gasteiger partial charge in [-0.3, -0.25) is 10.1 Å². The number of benzene rings is 4. The van der Waals surface area contributed by atoms with E-state index in [9.17, 15) is 10.1 Å². The van der Waals surface area contributed by atoms with Gasteiger partial charge < -0.3 is 4.42 Å². The van der Waals surface area contributed by atoms with Gasteiger partial charge >= 0.3 is 0 Å². The summed E-state index contributed by atoms with van der Waals surface area (Å²) in [6, 6.07) is 13.4. The quantitative estimate of drug-likeness (QED) is 0.250. The lowest BCUT2D eigenvalue weighted by Gasteiger charge is -2.07. The first-order valence-corrected chi connectivity index (χ1v) is 6.31. The van der Waals surface area contributed by atoms with Crippen LogP contribution in [-0.2, 0) is 0 Å². The maximum Gasteiger partial charge on any atom is 0.281 e. The van der Waals surface area contributed by atoms with Crippen molar-refractivity contribution in [3.05, 3.63) is 52.6 Å². The second-order valence-electron chi connectivity index (χ2n) is 5.04. The Morgan fingerprint density at radius 3 is 2.40 bits per heavy atom. The minimum atomic E-state index is -0.339. The number of hydrogen-bond acceptors (Lipinski definition) is 3. The summed E-state index contributed by atoms with van der Waals surface area (Å²) in [6.07, 6.45) is 0. The highest BCUT2D eigenvalue weighted by Crippen LogP contribution is 2.47. The summed E-state index contributed by atoms with van der Waals surface area (Å²) in [4.78, 5) is 10.9. The first-order valence-electron chi connectivity index (χ1n) is 6.31. The van der Waals surface area contributed by atoms with Crippen molar-refractivity contribution in [2.75, 3.05) is 0 Å². The van der Waals surface area contributed by atoms with Crippen molar-refractivity contribution in [2.45, 2.75) is 0 Å². The highest BCUT2D eigenvalue weighted by Gasteiger charge is 2.26. The van der Waals surface area contributed by atoms with Crippen LogP contribution in [0.15, 0.2) is 46.9 Å². The van der Waals surface area contributed by atoms with Crippen molar-refractivity contribution < 1.29 is 9.34 Å². The van der Waals surface area contributed by atoms with Gasteiger partial charge in [-0.25, -0.2) is 0 Å². The van der Waals surface area contributed by atoms with Gasteiger partial charge in [0.05, 0.1) is 4.92 Å². The van der Waals surface area contributed by atoms with E-state index in [0.717, 1.165) is 32.5 Å². The highest BCUT2D eigenvalue weighted by atomic mass is 16.6. The van der Waals surface area contributed by atoms with E-state index in [4.69, 9.17) is 4.42 Å². The zero-order valence-electron chi connectivity index (χ0n) is 10.2. The van der Waals surface area contributed by atoms with Crippen LogP contribution < -0.4 is 0 Å². The second kappa shape index (κ2) is 2.99. The van der Waals surface area contributed by atoms with Crippen molar-refractivity contribution in [2.24, 2.45) is 0 Å². The van der Waals surface area contributed by atoms with Crippen LogP contribution >= 0.6 is 0 Å². The number of fused-ring (bicyclic) bond motifs is 3. The van der Waals surface area contributed by atoms with Gasteiger partial charge in [0.2, 0.25) is 0 Å². The molecule has 0 radical (unpaired) electrons. The monoisotopic (exact) mass is 261 g/mol. The lowest BCUT2D eigenvalue weighted by molar-refractivity contribution is -0.383. The number of rotatable bonds is 1. The Balaban J connectivity index is 2.24. The van der Waals surface area contributed by atoms with Crippen LogP contribution in [-0.4, -0.2) is 4.92 Å². The van der Waals surface area contributed by atoms with Gasteiger partial charge in [0.1, 0.15) is 5.39 Å². The summed E-state index contributed by atoms with van der Waals surface area (Å²) in [5, 5.41) is 17.0.